The highest BCUT2D eigenvalue weighted by molar-refractivity contribution is 5.98. The highest BCUT2D eigenvalue weighted by Crippen LogP contribution is 2.22. The van der Waals surface area contributed by atoms with Crippen LogP contribution in [0.1, 0.15) is 68.1 Å². The normalized spacial score (nSPS) is 15.0. The fourth-order valence-electron chi connectivity index (χ4n) is 8.49. The van der Waals surface area contributed by atoms with Gasteiger partial charge in [-0.05, 0) is 78.5 Å². The second-order valence-corrected chi connectivity index (χ2v) is 18.0. The maximum atomic E-state index is 14.7. The quantitative estimate of drug-likeness (QED) is 0.0176. The first-order valence-corrected chi connectivity index (χ1v) is 24.4. The Balaban J connectivity index is 1.40. The number of amides is 8. The van der Waals surface area contributed by atoms with E-state index in [1.807, 2.05) is 48.5 Å². The first-order chi connectivity index (χ1) is 35.5. The lowest BCUT2D eigenvalue weighted by molar-refractivity contribution is -0.142. The summed E-state index contributed by atoms with van der Waals surface area (Å²) in [6.07, 6.45) is 4.11. The van der Waals surface area contributed by atoms with Crippen molar-refractivity contribution in [1.82, 2.24) is 36.5 Å². The van der Waals surface area contributed by atoms with Crippen molar-refractivity contribution >= 4 is 69.9 Å². The zero-order chi connectivity index (χ0) is 53.6. The van der Waals surface area contributed by atoms with Crippen LogP contribution in [0.4, 0.5) is 0 Å². The number of fused-ring (bicyclic) bond motifs is 1. The van der Waals surface area contributed by atoms with Crippen LogP contribution in [-0.4, -0.2) is 125 Å². The van der Waals surface area contributed by atoms with Crippen LogP contribution in [0, 0.1) is 0 Å². The number of hydrogen-bond donors (Lipinski definition) is 11. The molecule has 1 fully saturated rings. The minimum Gasteiger partial charge on any atom is -0.370 e. The van der Waals surface area contributed by atoms with E-state index in [1.54, 1.807) is 48.8 Å². The molecule has 0 radical (unpaired) electrons. The molecule has 0 aliphatic carbocycles. The van der Waals surface area contributed by atoms with E-state index in [9.17, 15) is 38.4 Å². The second kappa shape index (κ2) is 28.4. The van der Waals surface area contributed by atoms with Gasteiger partial charge in [-0.2, -0.15) is 0 Å². The molecule has 23 nitrogen and oxygen atoms in total. The molecule has 0 spiro atoms. The number of nitrogens with zero attached hydrogens (tertiary/aromatic N) is 4. The number of carbonyl (C=O) groups is 8. The smallest absolute Gasteiger partial charge is 0.245 e. The molecule has 0 unspecified atom stereocenters. The van der Waals surface area contributed by atoms with Crippen molar-refractivity contribution in [3.8, 4) is 0 Å². The van der Waals surface area contributed by atoms with E-state index in [1.165, 1.54) is 4.90 Å². The van der Waals surface area contributed by atoms with Crippen molar-refractivity contribution in [3.05, 3.63) is 114 Å². The minimum atomic E-state index is -1.47. The molecule has 1 saturated heterocycles. The van der Waals surface area contributed by atoms with Crippen molar-refractivity contribution in [2.45, 2.75) is 107 Å². The molecule has 1 aliphatic rings. The fraction of sp³-hybridized carbons (Fsp3) is 0.392. The van der Waals surface area contributed by atoms with Gasteiger partial charge in [0.1, 0.15) is 36.3 Å². The van der Waals surface area contributed by atoms with Crippen molar-refractivity contribution in [2.24, 2.45) is 44.4 Å². The summed E-state index contributed by atoms with van der Waals surface area (Å²) in [5, 5.41) is 15.6. The molecule has 0 saturated carbocycles. The highest BCUT2D eigenvalue weighted by atomic mass is 16.2. The van der Waals surface area contributed by atoms with Crippen molar-refractivity contribution in [3.63, 3.8) is 0 Å². The second-order valence-electron chi connectivity index (χ2n) is 18.0. The van der Waals surface area contributed by atoms with Crippen LogP contribution in [0.2, 0.25) is 0 Å². The molecule has 0 bridgehead atoms. The van der Waals surface area contributed by atoms with E-state index in [0.29, 0.717) is 18.4 Å². The van der Waals surface area contributed by atoms with Gasteiger partial charge < -0.3 is 65.9 Å². The Morgan fingerprint density at radius 3 is 1.82 bits per heavy atom. The summed E-state index contributed by atoms with van der Waals surface area (Å²) in [5.41, 5.74) is 35.1. The van der Waals surface area contributed by atoms with Gasteiger partial charge in [-0.1, -0.05) is 78.9 Å². The molecule has 394 valence electrons. The third kappa shape index (κ3) is 18.2. The number of aromatic nitrogens is 1. The number of rotatable bonds is 28. The Morgan fingerprint density at radius 2 is 1.19 bits per heavy atom. The van der Waals surface area contributed by atoms with Crippen LogP contribution in [-0.2, 0) is 57.6 Å². The molecule has 8 amide bonds. The molecule has 74 heavy (non-hydrogen) atoms. The van der Waals surface area contributed by atoms with Gasteiger partial charge >= 0.3 is 0 Å². The SMILES string of the molecule is NC(=O)C[C@H](NC(=O)[C@H](CCCN=C(N)N)NC(=O)[C@@H]1CCCN1C(=O)[C@H](CCCN=C(N)N)NC(=O)[C@H](Cc1ccccc1)NC(=O)[C@H](Cc1ccc2ccccc2c1)NC(=O)CCc1cccnc1)C(N)=O. The lowest BCUT2D eigenvalue weighted by atomic mass is 9.99. The van der Waals surface area contributed by atoms with Crippen LogP contribution in [0.25, 0.3) is 10.8 Å². The predicted molar refractivity (Wildman–Crippen MR) is 278 cm³/mol. The third-order valence-electron chi connectivity index (χ3n) is 12.2. The van der Waals surface area contributed by atoms with Gasteiger partial charge in [0.05, 0.1) is 6.42 Å². The number of guanidine groups is 2. The standard InChI is InChI=1S/C51H67N15O8/c52-42(67)29-38(44(53)69)64-45(70)36(15-7-23-59-50(54)55)62-48(73)41-17-9-25-66(41)49(74)37(16-8-24-60-51(56)57)63-47(72)40(27-31-10-2-1-3-11-31)65-46(71)39(61-43(68)21-19-32-12-6-22-58-30-32)28-33-18-20-34-13-4-5-14-35(34)26-33/h1-6,10-14,18,20,22,26,30,36-41H,7-9,15-17,19,21,23-25,27-29H2,(H2,52,67)(H2,53,69)(H,61,68)(H,62,73)(H,63,72)(H,64,70)(H,65,71)(H4,54,55,59)(H4,56,57,60)/t36-,37-,38-,39-,40-,41-/m0/s1. The number of aryl methyl sites for hydroxylation is 1. The average Bonchev–Trinajstić information content (AvgIpc) is 3.87. The lowest BCUT2D eigenvalue weighted by Gasteiger charge is -2.31. The van der Waals surface area contributed by atoms with Gasteiger partial charge in [-0.3, -0.25) is 53.3 Å². The summed E-state index contributed by atoms with van der Waals surface area (Å²) < 4.78 is 0. The maximum Gasteiger partial charge on any atom is 0.245 e. The Hall–Kier alpha value is -8.63. The fourth-order valence-corrected chi connectivity index (χ4v) is 8.49. The Labute approximate surface area is 428 Å². The monoisotopic (exact) mass is 1020 g/mol. The van der Waals surface area contributed by atoms with Gasteiger partial charge in [-0.25, -0.2) is 0 Å². The molecule has 17 N–H and O–H groups in total. The Morgan fingerprint density at radius 1 is 0.608 bits per heavy atom. The Bertz CT molecular complexity index is 2640. The number of carbonyl (C=O) groups excluding carboxylic acids is 8. The number of nitrogens with two attached hydrogens (primary N) is 6. The molecule has 3 aromatic carbocycles. The predicted octanol–water partition coefficient (Wildman–Crippen LogP) is -1.46. The van der Waals surface area contributed by atoms with Gasteiger partial charge in [0.15, 0.2) is 11.9 Å². The third-order valence-corrected chi connectivity index (χ3v) is 12.2. The van der Waals surface area contributed by atoms with E-state index in [2.05, 4.69) is 41.6 Å². The number of benzene rings is 3. The van der Waals surface area contributed by atoms with Gasteiger partial charge in [0, 0.05) is 51.3 Å². The first-order valence-electron chi connectivity index (χ1n) is 24.4. The van der Waals surface area contributed by atoms with E-state index in [-0.39, 0.29) is 82.9 Å². The first kappa shape index (κ1) is 56.3. The zero-order valence-electron chi connectivity index (χ0n) is 41.1. The molecule has 6 atom stereocenters. The van der Waals surface area contributed by atoms with Crippen LogP contribution >= 0.6 is 0 Å². The van der Waals surface area contributed by atoms with Gasteiger partial charge in [0.2, 0.25) is 47.3 Å². The largest absolute Gasteiger partial charge is 0.370 e. The van der Waals surface area contributed by atoms with E-state index in [4.69, 9.17) is 34.4 Å². The van der Waals surface area contributed by atoms with Gasteiger partial charge in [0.25, 0.3) is 0 Å². The summed E-state index contributed by atoms with van der Waals surface area (Å²) in [6.45, 7) is 0.268. The van der Waals surface area contributed by atoms with Gasteiger partial charge in [-0.15, -0.1) is 0 Å². The lowest BCUT2D eigenvalue weighted by Crippen LogP contribution is -2.60. The topological polar surface area (TPSA) is 394 Å². The summed E-state index contributed by atoms with van der Waals surface area (Å²) in [7, 11) is 0. The van der Waals surface area contributed by atoms with Crippen molar-refractivity contribution < 1.29 is 38.4 Å². The molecular formula is C51H67N15O8. The molecule has 4 aromatic rings. The zero-order valence-corrected chi connectivity index (χ0v) is 41.1. The van der Waals surface area contributed by atoms with Crippen LogP contribution < -0.4 is 61.0 Å². The molecule has 1 aromatic heterocycles. The number of primary amides is 2. The summed E-state index contributed by atoms with van der Waals surface area (Å²) in [4.78, 5) is 122. The number of aliphatic imine (C=N–C) groups is 2. The molecule has 1 aliphatic heterocycles. The van der Waals surface area contributed by atoms with Crippen LogP contribution in [0.3, 0.4) is 0 Å². The molecule has 23 heteroatoms. The van der Waals surface area contributed by atoms with E-state index in [0.717, 1.165) is 21.9 Å². The number of nitrogens with one attached hydrogen (secondary N) is 5. The molecular weight excluding hydrogens is 951 g/mol. The molecule has 2 heterocycles. The van der Waals surface area contributed by atoms with Crippen molar-refractivity contribution in [2.75, 3.05) is 19.6 Å². The summed E-state index contributed by atoms with van der Waals surface area (Å²) in [6, 6.07) is 18.4. The summed E-state index contributed by atoms with van der Waals surface area (Å²) >= 11 is 0. The van der Waals surface area contributed by atoms with Crippen LogP contribution in [0.5, 0.6) is 0 Å². The van der Waals surface area contributed by atoms with Crippen LogP contribution in [0.15, 0.2) is 107 Å². The maximum absolute atomic E-state index is 14.7. The molecule has 5 rings (SSSR count). The van der Waals surface area contributed by atoms with Crippen molar-refractivity contribution in [1.29, 1.82) is 0 Å². The van der Waals surface area contributed by atoms with E-state index >= 15 is 0 Å². The summed E-state index contributed by atoms with van der Waals surface area (Å²) in [5.74, 6) is -6.31. The van der Waals surface area contributed by atoms with E-state index < -0.39 is 89.9 Å². The number of pyridine rings is 1. The average molecular weight is 1020 g/mol. The minimum absolute atomic E-state index is 0.0000323. The number of likely N-dealkylation sites (tertiary alicyclic amines) is 1. The Kier molecular flexibility index (Phi) is 21.6. The number of hydrogen-bond acceptors (Lipinski definition) is 11. The highest BCUT2D eigenvalue weighted by Gasteiger charge is 2.40.